The van der Waals surface area contributed by atoms with E-state index in [1.165, 1.54) is 30.6 Å². The van der Waals surface area contributed by atoms with Crippen LogP contribution in [-0.4, -0.2) is 115 Å². The van der Waals surface area contributed by atoms with Gasteiger partial charge in [-0.15, -0.1) is 20.5 Å². The van der Waals surface area contributed by atoms with Gasteiger partial charge in [-0.2, -0.15) is 23.4 Å². The van der Waals surface area contributed by atoms with Crippen molar-refractivity contribution in [1.82, 2.24) is 24.9 Å². The van der Waals surface area contributed by atoms with Crippen LogP contribution in [0.4, 0.5) is 62.2 Å². The Hall–Kier alpha value is -6.12. The lowest BCUT2D eigenvalue weighted by Crippen LogP contribution is -2.31. The Bertz CT molecular complexity index is 3130. The Labute approximate surface area is 415 Å². The maximum Gasteiger partial charge on any atom is 0.297 e. The lowest BCUT2D eigenvalue weighted by molar-refractivity contribution is 0.280. The molecule has 0 fully saturated rings. The van der Waals surface area contributed by atoms with Gasteiger partial charge in [0.25, 0.3) is 10.1 Å². The van der Waals surface area contributed by atoms with Gasteiger partial charge in [-0.25, -0.2) is 9.97 Å². The number of aliphatic hydroxyl groups excluding tert-OH is 2. The van der Waals surface area contributed by atoms with Crippen molar-refractivity contribution in [2.75, 3.05) is 92.0 Å². The minimum Gasteiger partial charge on any atom is -0.494 e. The van der Waals surface area contributed by atoms with E-state index < -0.39 is 15.0 Å². The van der Waals surface area contributed by atoms with E-state index in [1.54, 1.807) is 36.3 Å². The fourth-order valence-corrected chi connectivity index (χ4v) is 10.7. The van der Waals surface area contributed by atoms with E-state index in [0.717, 1.165) is 27.2 Å². The average molecular weight is 1040 g/mol. The summed E-state index contributed by atoms with van der Waals surface area (Å²) in [7, 11) is -1.59. The van der Waals surface area contributed by atoms with Gasteiger partial charge < -0.3 is 45.0 Å². The molecule has 3 heterocycles. The Morgan fingerprint density at radius 2 is 1.16 bits per heavy atom. The third-order valence-corrected chi connectivity index (χ3v) is 14.1. The summed E-state index contributed by atoms with van der Waals surface area (Å²) in [4.78, 5) is 28.6. The van der Waals surface area contributed by atoms with E-state index in [0.29, 0.717) is 70.6 Å². The number of hydrogen-bond donors (Lipinski definition) is 5. The van der Waals surface area contributed by atoms with Crippen molar-refractivity contribution < 1.29 is 32.7 Å². The number of anilines is 7. The maximum atomic E-state index is 12.3. The summed E-state index contributed by atoms with van der Waals surface area (Å²) in [6.45, 7) is 10.3. The van der Waals surface area contributed by atoms with Gasteiger partial charge in [-0.3, -0.25) is 4.55 Å². The summed E-state index contributed by atoms with van der Waals surface area (Å²) in [6.07, 6.45) is 0. The number of thiazole rings is 2. The largest absolute Gasteiger partial charge is 0.494 e. The van der Waals surface area contributed by atoms with Gasteiger partial charge in [-0.05, 0) is 70.2 Å². The molecule has 7 rings (SSSR count). The molecule has 26 heteroatoms. The van der Waals surface area contributed by atoms with Gasteiger partial charge in [0.1, 0.15) is 27.8 Å². The molecule has 0 aliphatic heterocycles. The summed E-state index contributed by atoms with van der Waals surface area (Å²) < 4.78 is 47.1. The number of methoxy groups -OCH3 is 2. The number of benzene rings is 4. The molecule has 3 aromatic heterocycles. The molecule has 0 saturated carbocycles. The molecule has 0 bridgehead atoms. The Kier molecular flexibility index (Phi) is 16.6. The predicted octanol–water partition coefficient (Wildman–Crippen LogP) is 10.5. The van der Waals surface area contributed by atoms with Gasteiger partial charge in [-0.1, -0.05) is 45.9 Å². The highest BCUT2D eigenvalue weighted by Gasteiger charge is 2.24. The minimum atomic E-state index is -4.70. The number of rotatable bonds is 22. The number of hydrogen-bond acceptors (Lipinski definition) is 22. The summed E-state index contributed by atoms with van der Waals surface area (Å²) in [5.74, 6) is 1.20. The fraction of sp³-hybridized carbons (Fsp3) is 0.326. The van der Waals surface area contributed by atoms with Crippen molar-refractivity contribution in [2.24, 2.45) is 20.5 Å². The number of aliphatic hydroxyl groups is 2. The molecule has 7 aromatic rings. The smallest absolute Gasteiger partial charge is 0.297 e. The zero-order valence-electron chi connectivity index (χ0n) is 38.2. The van der Waals surface area contributed by atoms with E-state index in [1.807, 2.05) is 45.9 Å². The van der Waals surface area contributed by atoms with Crippen LogP contribution in [0.5, 0.6) is 11.5 Å². The van der Waals surface area contributed by atoms with Gasteiger partial charge >= 0.3 is 0 Å². The first-order chi connectivity index (χ1) is 33.2. The topological polar surface area (TPSA) is 261 Å². The SMILES string of the molecule is CCN(CC)c1cc(Nc2nc(Nc3cc(N(CC)CC)c(OC)cc3/N=N/c3nc4ccc(Cl)c(S(=O)(=O)O)c4s3)nc(N(CCO)CCO)n2)c(/N=N/c2nc3ccc(Cl)cc3s2)cc1OC. The first-order valence-electron chi connectivity index (χ1n) is 21.4. The molecule has 5 N–H and O–H groups in total. The van der Waals surface area contributed by atoms with Crippen LogP contribution in [0.25, 0.3) is 20.4 Å². The van der Waals surface area contributed by atoms with Crippen molar-refractivity contribution in [3.05, 3.63) is 64.6 Å². The summed E-state index contributed by atoms with van der Waals surface area (Å²) in [5.41, 5.74) is 3.84. The molecule has 0 saturated heterocycles. The number of azo groups is 2. The van der Waals surface area contributed by atoms with Crippen molar-refractivity contribution in [3.63, 3.8) is 0 Å². The van der Waals surface area contributed by atoms with E-state index in [4.69, 9.17) is 47.6 Å². The number of fused-ring (bicyclic) bond motifs is 2. The zero-order chi connectivity index (χ0) is 49.4. The van der Waals surface area contributed by atoms with Crippen molar-refractivity contribution in [1.29, 1.82) is 0 Å². The van der Waals surface area contributed by atoms with Gasteiger partial charge in [0.2, 0.25) is 28.1 Å². The van der Waals surface area contributed by atoms with Gasteiger partial charge in [0, 0.05) is 56.4 Å². The second-order valence-corrected chi connectivity index (χ2v) is 18.8. The molecular weight excluding hydrogens is 992 g/mol. The average Bonchev–Trinajstić information content (AvgIpc) is 3.94. The summed E-state index contributed by atoms with van der Waals surface area (Å²) in [6, 6.07) is 15.3. The van der Waals surface area contributed by atoms with Crippen LogP contribution in [0.15, 0.2) is 79.9 Å². The fourth-order valence-electron chi connectivity index (χ4n) is 7.18. The normalized spacial score (nSPS) is 11.9. The van der Waals surface area contributed by atoms with E-state index in [-0.39, 0.29) is 70.2 Å². The standard InChI is InChI=1S/C43H48Cl2N14O7S3/c1-7-57(8-2)32-20-28(30(22-34(32)65-5)53-55-42-48-26-13-11-24(44)19-36(26)67-42)46-39-50-40(52-41(51-39)59(15-17-60)16-18-61)47-29-21-33(58(9-3)10-4)35(66-6)23-31(29)54-56-43-49-27-14-12-25(45)38(37(27)68-43)69(62,63)64/h11-14,19-23,60-61H,7-10,15-18H2,1-6H3,(H,62,63,64)(H2,46,47,50,51,52)/b55-53+,56-54+. The van der Waals surface area contributed by atoms with Crippen LogP contribution in [-0.2, 0) is 10.1 Å². The minimum absolute atomic E-state index is 0.0247. The highest BCUT2D eigenvalue weighted by Crippen LogP contribution is 2.44. The molecule has 69 heavy (non-hydrogen) atoms. The van der Waals surface area contributed by atoms with Crippen LogP contribution in [0.1, 0.15) is 27.7 Å². The van der Waals surface area contributed by atoms with Crippen LogP contribution in [0, 0.1) is 0 Å². The molecule has 364 valence electrons. The first-order valence-corrected chi connectivity index (χ1v) is 25.2. The second kappa shape index (κ2) is 22.5. The van der Waals surface area contributed by atoms with Crippen molar-refractivity contribution in [3.8, 4) is 11.5 Å². The molecule has 0 amide bonds. The molecule has 21 nitrogen and oxygen atoms in total. The van der Waals surface area contributed by atoms with Gasteiger partial charge in [0.05, 0.1) is 75.6 Å². The monoisotopic (exact) mass is 1040 g/mol. The molecular formula is C43H48Cl2N14O7S3. The van der Waals surface area contributed by atoms with Crippen molar-refractivity contribution in [2.45, 2.75) is 32.6 Å². The summed E-state index contributed by atoms with van der Waals surface area (Å²) >= 11 is 14.6. The first kappa shape index (κ1) is 50.7. The zero-order valence-corrected chi connectivity index (χ0v) is 42.1. The Morgan fingerprint density at radius 1 is 0.652 bits per heavy atom. The van der Waals surface area contributed by atoms with Crippen LogP contribution >= 0.6 is 45.9 Å². The van der Waals surface area contributed by atoms with E-state index in [2.05, 4.69) is 50.9 Å². The Balaban J connectivity index is 1.36. The second-order valence-electron chi connectivity index (χ2n) is 14.6. The number of nitrogens with one attached hydrogen (secondary N) is 2. The third-order valence-electron chi connectivity index (χ3n) is 10.5. The molecule has 0 aliphatic carbocycles. The number of halogens is 2. The molecule has 0 unspecified atom stereocenters. The Morgan fingerprint density at radius 3 is 1.65 bits per heavy atom. The summed E-state index contributed by atoms with van der Waals surface area (Å²) in [5, 5.41) is 45.7. The van der Waals surface area contributed by atoms with Crippen molar-refractivity contribution >= 4 is 139 Å². The van der Waals surface area contributed by atoms with E-state index >= 15 is 0 Å². The molecule has 0 radical (unpaired) electrons. The number of nitrogens with zero attached hydrogens (tertiary/aromatic N) is 12. The third kappa shape index (κ3) is 11.7. The van der Waals surface area contributed by atoms with Crippen LogP contribution < -0.4 is 34.8 Å². The molecule has 0 spiro atoms. The van der Waals surface area contributed by atoms with Crippen LogP contribution in [0.2, 0.25) is 10.0 Å². The molecule has 4 aromatic carbocycles. The quantitative estimate of drug-likeness (QED) is 0.0312. The highest BCUT2D eigenvalue weighted by molar-refractivity contribution is 7.86. The van der Waals surface area contributed by atoms with Crippen LogP contribution in [0.3, 0.4) is 0 Å². The predicted molar refractivity (Wildman–Crippen MR) is 273 cm³/mol. The number of aromatic nitrogens is 5. The lowest BCUT2D eigenvalue weighted by atomic mass is 10.2. The molecule has 0 aliphatic rings. The van der Waals surface area contributed by atoms with Gasteiger partial charge in [0.15, 0.2) is 0 Å². The molecule has 0 atom stereocenters. The maximum absolute atomic E-state index is 12.3. The lowest BCUT2D eigenvalue weighted by Gasteiger charge is -2.25. The van der Waals surface area contributed by atoms with E-state index in [9.17, 15) is 23.2 Å². The highest BCUT2D eigenvalue weighted by atomic mass is 35.5. The number of ether oxygens (including phenoxy) is 2.